The van der Waals surface area contributed by atoms with E-state index in [1.54, 1.807) is 6.92 Å². The Hall–Kier alpha value is -1.24. The van der Waals surface area contributed by atoms with Gasteiger partial charge in [-0.25, -0.2) is 13.8 Å². The van der Waals surface area contributed by atoms with Crippen LogP contribution in [0, 0.1) is 0 Å². The van der Waals surface area contributed by atoms with Gasteiger partial charge in [0.05, 0.1) is 24.4 Å². The van der Waals surface area contributed by atoms with E-state index in [0.29, 0.717) is 0 Å². The predicted molar refractivity (Wildman–Crippen MR) is 61.6 cm³/mol. The normalized spacial score (nSPS) is 10.6. The number of pyridine rings is 1. The molecule has 1 rings (SSSR count). The van der Waals surface area contributed by atoms with Gasteiger partial charge in [0.2, 0.25) is 0 Å². The Bertz CT molecular complexity index is 427. The number of halogens is 3. The van der Waals surface area contributed by atoms with Gasteiger partial charge in [0.25, 0.3) is 6.43 Å². The molecule has 0 aliphatic heterocycles. The van der Waals surface area contributed by atoms with Crippen LogP contribution in [0.4, 0.5) is 14.5 Å². The molecule has 0 saturated carbocycles. The first-order chi connectivity index (χ1) is 7.95. The van der Waals surface area contributed by atoms with Crippen LogP contribution in [-0.2, 0) is 16.0 Å². The van der Waals surface area contributed by atoms with E-state index in [4.69, 9.17) is 10.5 Å². The van der Waals surface area contributed by atoms with Gasteiger partial charge in [0.15, 0.2) is 0 Å². The van der Waals surface area contributed by atoms with E-state index in [2.05, 4.69) is 20.9 Å². The molecule has 0 atom stereocenters. The number of hydrogen-bond acceptors (Lipinski definition) is 4. The van der Waals surface area contributed by atoms with Crippen molar-refractivity contribution in [3.8, 4) is 0 Å². The number of rotatable bonds is 4. The quantitative estimate of drug-likeness (QED) is 0.685. The van der Waals surface area contributed by atoms with Crippen LogP contribution in [0.3, 0.4) is 0 Å². The van der Waals surface area contributed by atoms with Crippen molar-refractivity contribution in [2.75, 3.05) is 12.3 Å². The summed E-state index contributed by atoms with van der Waals surface area (Å²) in [5.41, 5.74) is 5.11. The average molecular weight is 309 g/mol. The summed E-state index contributed by atoms with van der Waals surface area (Å²) in [5, 5.41) is 0. The Kier molecular flexibility index (Phi) is 4.80. The highest BCUT2D eigenvalue weighted by atomic mass is 79.9. The van der Waals surface area contributed by atoms with E-state index in [0.717, 1.165) is 6.07 Å². The highest BCUT2D eigenvalue weighted by Gasteiger charge is 2.18. The maximum absolute atomic E-state index is 12.6. The van der Waals surface area contributed by atoms with Crippen molar-refractivity contribution in [2.24, 2.45) is 0 Å². The van der Waals surface area contributed by atoms with E-state index in [-0.39, 0.29) is 34.6 Å². The number of nitrogens with zero attached hydrogens (tertiary/aromatic N) is 1. The molecular weight excluding hydrogens is 298 g/mol. The number of ether oxygens (including phenoxy) is 1. The van der Waals surface area contributed by atoms with Crippen molar-refractivity contribution in [1.82, 2.24) is 4.98 Å². The highest BCUT2D eigenvalue weighted by molar-refractivity contribution is 9.10. The molecule has 0 bridgehead atoms. The Balaban J connectivity index is 3.03. The lowest BCUT2D eigenvalue weighted by Crippen LogP contribution is -2.12. The lowest BCUT2D eigenvalue weighted by molar-refractivity contribution is -0.142. The van der Waals surface area contributed by atoms with Crippen LogP contribution in [0.2, 0.25) is 0 Å². The summed E-state index contributed by atoms with van der Waals surface area (Å²) in [7, 11) is 0. The summed E-state index contributed by atoms with van der Waals surface area (Å²) in [6, 6.07) is 1.13. The Morgan fingerprint density at radius 2 is 2.29 bits per heavy atom. The molecule has 4 nitrogen and oxygen atoms in total. The standard InChI is InChI=1S/C10H11BrF2N2O2/c1-2-17-8(16)4-6-9(14)5(10(12)13)3-7(11)15-6/h3,10H,2,4,14H2,1H3. The molecule has 0 fully saturated rings. The van der Waals surface area contributed by atoms with E-state index in [1.807, 2.05) is 0 Å². The number of alkyl halides is 2. The highest BCUT2D eigenvalue weighted by Crippen LogP contribution is 2.29. The molecule has 0 radical (unpaired) electrons. The van der Waals surface area contributed by atoms with Crippen LogP contribution in [-0.4, -0.2) is 17.6 Å². The predicted octanol–water partition coefficient (Wildman–Crippen LogP) is 2.47. The molecule has 7 heteroatoms. The Labute approximate surface area is 105 Å². The fraction of sp³-hybridized carbons (Fsp3) is 0.400. The van der Waals surface area contributed by atoms with E-state index in [1.165, 1.54) is 0 Å². The summed E-state index contributed by atoms with van der Waals surface area (Å²) in [4.78, 5) is 15.1. The van der Waals surface area contributed by atoms with Crippen LogP contribution < -0.4 is 5.73 Å². The van der Waals surface area contributed by atoms with Crippen LogP contribution in [0.5, 0.6) is 0 Å². The van der Waals surface area contributed by atoms with Gasteiger partial charge in [0, 0.05) is 5.56 Å². The van der Waals surface area contributed by atoms with Gasteiger partial charge in [-0.15, -0.1) is 0 Å². The lowest BCUT2D eigenvalue weighted by Gasteiger charge is -2.10. The third-order valence-electron chi connectivity index (χ3n) is 1.99. The molecule has 0 spiro atoms. The van der Waals surface area contributed by atoms with Crippen molar-refractivity contribution < 1.29 is 18.3 Å². The molecule has 0 aliphatic carbocycles. The molecule has 0 saturated heterocycles. The fourth-order valence-electron chi connectivity index (χ4n) is 1.26. The van der Waals surface area contributed by atoms with Crippen molar-refractivity contribution in [3.63, 3.8) is 0 Å². The summed E-state index contributed by atoms with van der Waals surface area (Å²) >= 11 is 2.99. The maximum atomic E-state index is 12.6. The molecule has 2 N–H and O–H groups in total. The summed E-state index contributed by atoms with van der Waals surface area (Å²) in [5.74, 6) is -0.551. The first-order valence-electron chi connectivity index (χ1n) is 4.84. The largest absolute Gasteiger partial charge is 0.466 e. The summed E-state index contributed by atoms with van der Waals surface area (Å²) in [6.07, 6.45) is -2.94. The number of nitrogens with two attached hydrogens (primary N) is 1. The minimum absolute atomic E-state index is 0.0909. The van der Waals surface area contributed by atoms with Crippen LogP contribution in [0.15, 0.2) is 10.7 Å². The zero-order chi connectivity index (χ0) is 13.0. The number of carbonyl (C=O) groups excluding carboxylic acids is 1. The van der Waals surface area contributed by atoms with Crippen molar-refractivity contribution in [1.29, 1.82) is 0 Å². The molecular formula is C10H11BrF2N2O2. The number of anilines is 1. The van der Waals surface area contributed by atoms with Crippen molar-refractivity contribution >= 4 is 27.6 Å². The van der Waals surface area contributed by atoms with Crippen LogP contribution >= 0.6 is 15.9 Å². The topological polar surface area (TPSA) is 65.2 Å². The SMILES string of the molecule is CCOC(=O)Cc1nc(Br)cc(C(F)F)c1N. The zero-order valence-corrected chi connectivity index (χ0v) is 10.6. The molecule has 0 aliphatic rings. The number of esters is 1. The van der Waals surface area contributed by atoms with Gasteiger partial charge in [0.1, 0.15) is 4.60 Å². The molecule has 94 valence electrons. The average Bonchev–Trinajstić information content (AvgIpc) is 2.22. The van der Waals surface area contributed by atoms with Gasteiger partial charge in [-0.05, 0) is 28.9 Å². The number of aromatic nitrogens is 1. The fourth-order valence-corrected chi connectivity index (χ4v) is 1.72. The Morgan fingerprint density at radius 3 is 2.82 bits per heavy atom. The first-order valence-corrected chi connectivity index (χ1v) is 5.63. The number of carbonyl (C=O) groups is 1. The van der Waals surface area contributed by atoms with E-state index < -0.39 is 12.4 Å². The zero-order valence-electron chi connectivity index (χ0n) is 9.04. The maximum Gasteiger partial charge on any atom is 0.311 e. The van der Waals surface area contributed by atoms with Gasteiger partial charge in [-0.3, -0.25) is 4.79 Å². The van der Waals surface area contributed by atoms with Gasteiger partial charge in [-0.2, -0.15) is 0 Å². The Morgan fingerprint density at radius 1 is 1.65 bits per heavy atom. The minimum atomic E-state index is -2.71. The molecule has 17 heavy (non-hydrogen) atoms. The third-order valence-corrected chi connectivity index (χ3v) is 2.40. The van der Waals surface area contributed by atoms with Gasteiger partial charge in [-0.1, -0.05) is 0 Å². The molecule has 1 heterocycles. The van der Waals surface area contributed by atoms with Gasteiger partial charge < -0.3 is 10.5 Å². The second kappa shape index (κ2) is 5.90. The second-order valence-corrected chi connectivity index (χ2v) is 3.99. The van der Waals surface area contributed by atoms with Crippen LogP contribution in [0.1, 0.15) is 24.6 Å². The second-order valence-electron chi connectivity index (χ2n) is 3.18. The van der Waals surface area contributed by atoms with Gasteiger partial charge >= 0.3 is 5.97 Å². The third kappa shape index (κ3) is 3.62. The van der Waals surface area contributed by atoms with Crippen molar-refractivity contribution in [2.45, 2.75) is 19.8 Å². The molecule has 1 aromatic heterocycles. The van der Waals surface area contributed by atoms with E-state index >= 15 is 0 Å². The molecule has 0 aromatic carbocycles. The number of hydrogen-bond donors (Lipinski definition) is 1. The molecule has 1 aromatic rings. The van der Waals surface area contributed by atoms with Crippen LogP contribution in [0.25, 0.3) is 0 Å². The summed E-state index contributed by atoms with van der Waals surface area (Å²) in [6.45, 7) is 1.87. The first kappa shape index (κ1) is 13.8. The van der Waals surface area contributed by atoms with Crippen molar-refractivity contribution in [3.05, 3.63) is 21.9 Å². The summed E-state index contributed by atoms with van der Waals surface area (Å²) < 4.78 is 30.2. The molecule has 0 amide bonds. The molecule has 0 unspecified atom stereocenters. The minimum Gasteiger partial charge on any atom is -0.466 e. The number of nitrogen functional groups attached to an aromatic ring is 1. The van der Waals surface area contributed by atoms with E-state index in [9.17, 15) is 13.6 Å². The smallest absolute Gasteiger partial charge is 0.311 e. The monoisotopic (exact) mass is 308 g/mol. The lowest BCUT2D eigenvalue weighted by atomic mass is 10.1.